The van der Waals surface area contributed by atoms with E-state index in [1.54, 1.807) is 56.1 Å². The molecule has 2 amide bonds. The lowest BCUT2D eigenvalue weighted by Gasteiger charge is -2.28. The average Bonchev–Trinajstić information content (AvgIpc) is 3.83. The monoisotopic (exact) mass is 530 g/mol. The van der Waals surface area contributed by atoms with E-state index in [1.807, 2.05) is 0 Å². The number of carbonyl (C=O) groups excluding carboxylic acids is 3. The van der Waals surface area contributed by atoms with Crippen LogP contribution in [0, 0.1) is 25.6 Å². The van der Waals surface area contributed by atoms with Crippen LogP contribution in [0.5, 0.6) is 0 Å². The molecule has 1 aromatic heterocycles. The van der Waals surface area contributed by atoms with Crippen LogP contribution in [0.1, 0.15) is 57.5 Å². The van der Waals surface area contributed by atoms with Gasteiger partial charge in [-0.3, -0.25) is 28.6 Å². The number of aryl methyl sites for hydroxylation is 1. The molecule has 202 valence electrons. The first-order valence-electron chi connectivity index (χ1n) is 13.0. The second kappa shape index (κ2) is 10.1. The number of anilines is 4. The molecule has 1 N–H and O–H groups in total. The lowest BCUT2D eigenvalue weighted by molar-refractivity contribution is -0.106. The van der Waals surface area contributed by atoms with Crippen molar-refractivity contribution in [3.05, 3.63) is 80.9 Å². The van der Waals surface area contributed by atoms with E-state index in [4.69, 9.17) is 0 Å². The van der Waals surface area contributed by atoms with Gasteiger partial charge in [0.05, 0.1) is 11.4 Å². The van der Waals surface area contributed by atoms with Crippen molar-refractivity contribution in [3.63, 3.8) is 0 Å². The van der Waals surface area contributed by atoms with E-state index in [0.717, 1.165) is 25.7 Å². The Bertz CT molecular complexity index is 1560. The normalized spacial score (nSPS) is 14.6. The van der Waals surface area contributed by atoms with Gasteiger partial charge in [-0.25, -0.2) is 4.39 Å². The van der Waals surface area contributed by atoms with Crippen LogP contribution in [0.3, 0.4) is 0 Å². The Morgan fingerprint density at radius 3 is 2.41 bits per heavy atom. The number of halogens is 1. The molecule has 39 heavy (non-hydrogen) atoms. The summed E-state index contributed by atoms with van der Waals surface area (Å²) in [6.45, 7) is 3.31. The number of hydrogen-bond acceptors (Lipinski definition) is 5. The van der Waals surface area contributed by atoms with Gasteiger partial charge in [0.25, 0.3) is 11.5 Å². The van der Waals surface area contributed by atoms with Gasteiger partial charge in [0.15, 0.2) is 5.78 Å². The second-order valence-electron chi connectivity index (χ2n) is 10.5. The van der Waals surface area contributed by atoms with Crippen LogP contribution < -0.4 is 15.8 Å². The van der Waals surface area contributed by atoms with E-state index in [-0.39, 0.29) is 46.1 Å². The molecule has 0 radical (unpaired) electrons. The Hall–Kier alpha value is -4.27. The maximum atomic E-state index is 14.9. The van der Waals surface area contributed by atoms with Crippen LogP contribution in [0.2, 0.25) is 0 Å². The van der Waals surface area contributed by atoms with Gasteiger partial charge in [0, 0.05) is 42.9 Å². The molecule has 2 aromatic carbocycles. The molecule has 0 spiro atoms. The third kappa shape index (κ3) is 4.96. The maximum absolute atomic E-state index is 14.9. The molecular formula is C30H31FN4O4. The Labute approximate surface area is 226 Å². The van der Waals surface area contributed by atoms with Gasteiger partial charge in [-0.1, -0.05) is 18.2 Å². The summed E-state index contributed by atoms with van der Waals surface area (Å²) >= 11 is 0. The molecule has 2 fully saturated rings. The zero-order valence-corrected chi connectivity index (χ0v) is 22.5. The first-order chi connectivity index (χ1) is 18.6. The molecule has 0 bridgehead atoms. The standard InChI is InChI=1S/C30H31FN4O4/c1-17-8-13-24(23(31)14-17)32-28-25(30(39)33(3)21-11-12-21)26(18(2)29(38)34(28)4)35(16-36)22-7-5-6-20(15-22)27(37)19-9-10-19/h5-8,13-16,19,21,32H,9-12H2,1-4H3. The Balaban J connectivity index is 1.72. The molecule has 9 heteroatoms. The Morgan fingerprint density at radius 2 is 1.79 bits per heavy atom. The smallest absolute Gasteiger partial charge is 0.259 e. The molecule has 8 nitrogen and oxygen atoms in total. The first kappa shape index (κ1) is 26.3. The molecule has 0 unspecified atom stereocenters. The van der Waals surface area contributed by atoms with E-state index >= 15 is 0 Å². The maximum Gasteiger partial charge on any atom is 0.259 e. The van der Waals surface area contributed by atoms with Gasteiger partial charge < -0.3 is 10.2 Å². The molecule has 1 heterocycles. The highest BCUT2D eigenvalue weighted by molar-refractivity contribution is 6.09. The van der Waals surface area contributed by atoms with Crippen LogP contribution in [-0.4, -0.2) is 40.7 Å². The van der Waals surface area contributed by atoms with Gasteiger partial charge in [-0.15, -0.1) is 0 Å². The summed E-state index contributed by atoms with van der Waals surface area (Å²) in [5.41, 5.74) is 1.49. The van der Waals surface area contributed by atoms with Crippen LogP contribution >= 0.6 is 0 Å². The van der Waals surface area contributed by atoms with Crippen molar-refractivity contribution in [1.29, 1.82) is 0 Å². The molecule has 2 aliphatic carbocycles. The van der Waals surface area contributed by atoms with Crippen molar-refractivity contribution in [2.75, 3.05) is 17.3 Å². The third-order valence-corrected chi connectivity index (χ3v) is 7.50. The molecule has 0 saturated heterocycles. The van der Waals surface area contributed by atoms with Gasteiger partial charge in [0.1, 0.15) is 17.2 Å². The highest BCUT2D eigenvalue weighted by Gasteiger charge is 2.36. The van der Waals surface area contributed by atoms with E-state index < -0.39 is 17.3 Å². The number of pyridine rings is 1. The predicted octanol–water partition coefficient (Wildman–Crippen LogP) is 5.01. The number of hydrogen-bond donors (Lipinski definition) is 1. The summed E-state index contributed by atoms with van der Waals surface area (Å²) in [7, 11) is 3.18. The highest BCUT2D eigenvalue weighted by Crippen LogP contribution is 2.39. The minimum atomic E-state index is -0.544. The number of nitrogens with one attached hydrogen (secondary N) is 1. The number of carbonyl (C=O) groups is 3. The van der Waals surface area contributed by atoms with Gasteiger partial charge in [-0.2, -0.15) is 0 Å². The van der Waals surface area contributed by atoms with Crippen molar-refractivity contribution >= 4 is 41.0 Å². The van der Waals surface area contributed by atoms with E-state index in [1.165, 1.54) is 28.6 Å². The van der Waals surface area contributed by atoms with E-state index in [0.29, 0.717) is 23.2 Å². The van der Waals surface area contributed by atoms with Crippen LogP contribution in [0.4, 0.5) is 27.3 Å². The predicted molar refractivity (Wildman–Crippen MR) is 148 cm³/mol. The van der Waals surface area contributed by atoms with Crippen molar-refractivity contribution in [2.24, 2.45) is 13.0 Å². The van der Waals surface area contributed by atoms with Crippen LogP contribution in [-0.2, 0) is 11.8 Å². The summed E-state index contributed by atoms with van der Waals surface area (Å²) in [6.07, 6.45) is 3.91. The largest absolute Gasteiger partial charge is 0.339 e. The minimum Gasteiger partial charge on any atom is -0.339 e. The van der Waals surface area contributed by atoms with E-state index in [2.05, 4.69) is 5.32 Å². The van der Waals surface area contributed by atoms with Crippen LogP contribution in [0.15, 0.2) is 47.3 Å². The van der Waals surface area contributed by atoms with Crippen molar-refractivity contribution < 1.29 is 18.8 Å². The number of aromatic nitrogens is 1. The summed E-state index contributed by atoms with van der Waals surface area (Å²) in [4.78, 5) is 55.7. The number of ketones is 1. The summed E-state index contributed by atoms with van der Waals surface area (Å²) < 4.78 is 16.2. The van der Waals surface area contributed by atoms with E-state index in [9.17, 15) is 23.6 Å². The van der Waals surface area contributed by atoms with Crippen molar-refractivity contribution in [3.8, 4) is 0 Å². The van der Waals surface area contributed by atoms with Gasteiger partial charge in [-0.05, 0) is 69.4 Å². The van der Waals surface area contributed by atoms with Crippen molar-refractivity contribution in [1.82, 2.24) is 9.47 Å². The molecular weight excluding hydrogens is 499 g/mol. The van der Waals surface area contributed by atoms with Crippen LogP contribution in [0.25, 0.3) is 0 Å². The topological polar surface area (TPSA) is 91.7 Å². The SMILES string of the molecule is Cc1ccc(Nc2c(C(=O)N(C)C3CC3)c(N(C=O)c3cccc(C(=O)C4CC4)c3)c(C)c(=O)n2C)c(F)c1. The fourth-order valence-corrected chi connectivity index (χ4v) is 4.86. The fraction of sp³-hybridized carbons (Fsp3) is 0.333. The first-order valence-corrected chi connectivity index (χ1v) is 13.0. The third-order valence-electron chi connectivity index (χ3n) is 7.50. The number of benzene rings is 2. The Morgan fingerprint density at radius 1 is 1.08 bits per heavy atom. The quantitative estimate of drug-likeness (QED) is 0.310. The number of rotatable bonds is 9. The number of Topliss-reactive ketones (excluding diaryl/α,β-unsaturated/α-hetero) is 1. The van der Waals surface area contributed by atoms with Gasteiger partial charge in [0.2, 0.25) is 6.41 Å². The average molecular weight is 531 g/mol. The molecule has 2 saturated carbocycles. The molecule has 3 aromatic rings. The fourth-order valence-electron chi connectivity index (χ4n) is 4.86. The molecule has 2 aliphatic rings. The zero-order valence-electron chi connectivity index (χ0n) is 22.5. The number of amides is 2. The summed E-state index contributed by atoms with van der Waals surface area (Å²) in [5.74, 6) is -0.890. The summed E-state index contributed by atoms with van der Waals surface area (Å²) in [5, 5.41) is 2.97. The highest BCUT2D eigenvalue weighted by atomic mass is 19.1. The molecule has 0 atom stereocenters. The second-order valence-corrected chi connectivity index (χ2v) is 10.5. The Kier molecular flexibility index (Phi) is 6.84. The zero-order chi connectivity index (χ0) is 28.0. The lowest BCUT2D eigenvalue weighted by Crippen LogP contribution is -2.35. The lowest BCUT2D eigenvalue weighted by atomic mass is 10.0. The molecule has 0 aliphatic heterocycles. The summed E-state index contributed by atoms with van der Waals surface area (Å²) in [6, 6.07) is 11.3. The van der Waals surface area contributed by atoms with Crippen molar-refractivity contribution in [2.45, 2.75) is 45.6 Å². The molecule has 5 rings (SSSR count). The van der Waals surface area contributed by atoms with Gasteiger partial charge >= 0.3 is 0 Å². The number of nitrogens with zero attached hydrogens (tertiary/aromatic N) is 3. The minimum absolute atomic E-state index is 0.00497.